The standard InChI is InChI=1S/C20H21NO4/c1-25-17-9-5-4-8-16(17)20(10-11-20)13-21-18(22)12-14-6-2-3-7-15(14)19(23)24/h2-9H,10-13H2,1H3,(H,21,22)(H,23,24). The molecule has 5 nitrogen and oxygen atoms in total. The number of hydrogen-bond acceptors (Lipinski definition) is 3. The molecule has 0 aromatic heterocycles. The van der Waals surface area contributed by atoms with Crippen molar-refractivity contribution in [1.29, 1.82) is 0 Å². The molecule has 1 aliphatic rings. The molecule has 2 aromatic carbocycles. The number of carbonyl (C=O) groups is 2. The van der Waals surface area contributed by atoms with Crippen LogP contribution in [0.2, 0.25) is 0 Å². The van der Waals surface area contributed by atoms with E-state index in [2.05, 4.69) is 5.32 Å². The zero-order valence-electron chi connectivity index (χ0n) is 14.1. The van der Waals surface area contributed by atoms with Gasteiger partial charge in [0, 0.05) is 17.5 Å². The van der Waals surface area contributed by atoms with Crippen LogP contribution in [0.4, 0.5) is 0 Å². The van der Waals surface area contributed by atoms with Gasteiger partial charge in [0.05, 0.1) is 19.1 Å². The molecule has 0 spiro atoms. The molecule has 130 valence electrons. The van der Waals surface area contributed by atoms with E-state index in [0.717, 1.165) is 24.2 Å². The van der Waals surface area contributed by atoms with Crippen LogP contribution >= 0.6 is 0 Å². The lowest BCUT2D eigenvalue weighted by Gasteiger charge is -2.19. The third kappa shape index (κ3) is 3.65. The van der Waals surface area contributed by atoms with Crippen LogP contribution in [0.25, 0.3) is 0 Å². The molecule has 0 saturated heterocycles. The molecule has 1 fully saturated rings. The fourth-order valence-corrected chi connectivity index (χ4v) is 3.16. The number of hydrogen-bond donors (Lipinski definition) is 2. The fourth-order valence-electron chi connectivity index (χ4n) is 3.16. The van der Waals surface area contributed by atoms with Gasteiger partial charge in [-0.25, -0.2) is 4.79 Å². The number of carboxylic acids is 1. The number of carbonyl (C=O) groups excluding carboxylic acids is 1. The number of methoxy groups -OCH3 is 1. The van der Waals surface area contributed by atoms with Crippen LogP contribution in [0.15, 0.2) is 48.5 Å². The lowest BCUT2D eigenvalue weighted by atomic mass is 9.94. The molecule has 25 heavy (non-hydrogen) atoms. The maximum atomic E-state index is 12.3. The third-order valence-corrected chi connectivity index (χ3v) is 4.75. The lowest BCUT2D eigenvalue weighted by Crippen LogP contribution is -2.33. The van der Waals surface area contributed by atoms with Crippen LogP contribution in [0.3, 0.4) is 0 Å². The molecule has 1 amide bonds. The van der Waals surface area contributed by atoms with Gasteiger partial charge in [0.2, 0.25) is 5.91 Å². The van der Waals surface area contributed by atoms with Crippen LogP contribution in [0.5, 0.6) is 5.75 Å². The molecule has 1 aliphatic carbocycles. The van der Waals surface area contributed by atoms with Gasteiger partial charge in [0.1, 0.15) is 5.75 Å². The van der Waals surface area contributed by atoms with E-state index in [1.165, 1.54) is 6.07 Å². The summed E-state index contributed by atoms with van der Waals surface area (Å²) in [5, 5.41) is 12.2. The maximum absolute atomic E-state index is 12.3. The monoisotopic (exact) mass is 339 g/mol. The van der Waals surface area contributed by atoms with E-state index < -0.39 is 5.97 Å². The van der Waals surface area contributed by atoms with Crippen molar-refractivity contribution in [1.82, 2.24) is 5.32 Å². The normalized spacial score (nSPS) is 14.6. The Labute approximate surface area is 146 Å². The molecule has 0 unspecified atom stereocenters. The topological polar surface area (TPSA) is 75.6 Å². The van der Waals surface area contributed by atoms with Crippen molar-refractivity contribution < 1.29 is 19.4 Å². The van der Waals surface area contributed by atoms with E-state index in [1.54, 1.807) is 25.3 Å². The minimum atomic E-state index is -1.02. The summed E-state index contributed by atoms with van der Waals surface area (Å²) >= 11 is 0. The molecular formula is C20H21NO4. The van der Waals surface area contributed by atoms with Gasteiger partial charge in [-0.05, 0) is 30.5 Å². The Bertz CT molecular complexity index is 796. The molecular weight excluding hydrogens is 318 g/mol. The number of aromatic carboxylic acids is 1. The fraction of sp³-hybridized carbons (Fsp3) is 0.300. The molecule has 2 N–H and O–H groups in total. The van der Waals surface area contributed by atoms with Gasteiger partial charge in [0.15, 0.2) is 0 Å². The quantitative estimate of drug-likeness (QED) is 0.813. The Morgan fingerprint density at radius 1 is 1.12 bits per heavy atom. The second kappa shape index (κ2) is 6.97. The molecule has 0 bridgehead atoms. The first-order valence-corrected chi connectivity index (χ1v) is 8.27. The largest absolute Gasteiger partial charge is 0.496 e. The molecule has 2 aromatic rings. The molecule has 0 radical (unpaired) electrons. The second-order valence-corrected chi connectivity index (χ2v) is 6.40. The average Bonchev–Trinajstić information content (AvgIpc) is 3.41. The Morgan fingerprint density at radius 3 is 2.48 bits per heavy atom. The highest BCUT2D eigenvalue weighted by Crippen LogP contribution is 2.50. The van der Waals surface area contributed by atoms with Gasteiger partial charge in [-0.1, -0.05) is 36.4 Å². The summed E-state index contributed by atoms with van der Waals surface area (Å²) in [7, 11) is 1.65. The number of carboxylic acid groups (broad SMARTS) is 1. The number of ether oxygens (including phenoxy) is 1. The zero-order chi connectivity index (χ0) is 17.9. The van der Waals surface area contributed by atoms with E-state index >= 15 is 0 Å². The summed E-state index contributed by atoms with van der Waals surface area (Å²) < 4.78 is 5.44. The Kier molecular flexibility index (Phi) is 4.74. The molecule has 0 atom stereocenters. The van der Waals surface area contributed by atoms with Crippen molar-refractivity contribution in [3.05, 3.63) is 65.2 Å². The molecule has 1 saturated carbocycles. The van der Waals surface area contributed by atoms with Gasteiger partial charge < -0.3 is 15.2 Å². The van der Waals surface area contributed by atoms with Crippen LogP contribution in [-0.2, 0) is 16.6 Å². The molecule has 0 heterocycles. The Hall–Kier alpha value is -2.82. The van der Waals surface area contributed by atoms with Gasteiger partial charge in [-0.2, -0.15) is 0 Å². The predicted octanol–water partition coefficient (Wildman–Crippen LogP) is 2.78. The van der Waals surface area contributed by atoms with Crippen molar-refractivity contribution in [2.75, 3.05) is 13.7 Å². The number of amides is 1. The van der Waals surface area contributed by atoms with Crippen LogP contribution in [0, 0.1) is 0 Å². The van der Waals surface area contributed by atoms with E-state index in [-0.39, 0.29) is 23.3 Å². The minimum Gasteiger partial charge on any atom is -0.496 e. The second-order valence-electron chi connectivity index (χ2n) is 6.40. The number of benzene rings is 2. The smallest absolute Gasteiger partial charge is 0.335 e. The average molecular weight is 339 g/mol. The van der Waals surface area contributed by atoms with Crippen molar-refractivity contribution >= 4 is 11.9 Å². The Balaban J connectivity index is 1.66. The number of para-hydroxylation sites is 1. The van der Waals surface area contributed by atoms with Crippen molar-refractivity contribution in [2.24, 2.45) is 0 Å². The van der Waals surface area contributed by atoms with Gasteiger partial charge in [-0.15, -0.1) is 0 Å². The summed E-state index contributed by atoms with van der Waals surface area (Å²) in [6.07, 6.45) is 2.06. The summed E-state index contributed by atoms with van der Waals surface area (Å²) in [4.78, 5) is 23.6. The van der Waals surface area contributed by atoms with Crippen molar-refractivity contribution in [3.63, 3.8) is 0 Å². The Morgan fingerprint density at radius 2 is 1.80 bits per heavy atom. The van der Waals surface area contributed by atoms with E-state index in [9.17, 15) is 14.7 Å². The molecule has 0 aliphatic heterocycles. The first-order valence-electron chi connectivity index (χ1n) is 8.27. The zero-order valence-corrected chi connectivity index (χ0v) is 14.1. The summed E-state index contributed by atoms with van der Waals surface area (Å²) in [6, 6.07) is 14.5. The lowest BCUT2D eigenvalue weighted by molar-refractivity contribution is -0.120. The van der Waals surface area contributed by atoms with Crippen molar-refractivity contribution in [3.8, 4) is 5.75 Å². The van der Waals surface area contributed by atoms with E-state index in [4.69, 9.17) is 4.74 Å². The van der Waals surface area contributed by atoms with E-state index in [1.807, 2.05) is 24.3 Å². The summed E-state index contributed by atoms with van der Waals surface area (Å²) in [5.41, 5.74) is 1.73. The first-order chi connectivity index (χ1) is 12.1. The van der Waals surface area contributed by atoms with Gasteiger partial charge >= 0.3 is 5.97 Å². The highest BCUT2D eigenvalue weighted by molar-refractivity contribution is 5.91. The molecule has 5 heteroatoms. The van der Waals surface area contributed by atoms with Gasteiger partial charge in [0.25, 0.3) is 0 Å². The van der Waals surface area contributed by atoms with Crippen LogP contribution < -0.4 is 10.1 Å². The SMILES string of the molecule is COc1ccccc1C1(CNC(=O)Cc2ccccc2C(=O)O)CC1. The van der Waals surface area contributed by atoms with Crippen LogP contribution in [-0.4, -0.2) is 30.6 Å². The minimum absolute atomic E-state index is 0.0600. The van der Waals surface area contributed by atoms with Gasteiger partial charge in [-0.3, -0.25) is 4.79 Å². The summed E-state index contributed by atoms with van der Waals surface area (Å²) in [6.45, 7) is 0.529. The molecule has 3 rings (SSSR count). The number of nitrogens with one attached hydrogen (secondary N) is 1. The first kappa shape index (κ1) is 17.0. The van der Waals surface area contributed by atoms with E-state index in [0.29, 0.717) is 12.1 Å². The summed E-state index contributed by atoms with van der Waals surface area (Å²) in [5.74, 6) is -0.351. The third-order valence-electron chi connectivity index (χ3n) is 4.75. The number of rotatable bonds is 7. The predicted molar refractivity (Wildman–Crippen MR) is 94.0 cm³/mol. The highest BCUT2D eigenvalue weighted by Gasteiger charge is 2.46. The van der Waals surface area contributed by atoms with Crippen molar-refractivity contribution in [2.45, 2.75) is 24.7 Å². The maximum Gasteiger partial charge on any atom is 0.335 e. The van der Waals surface area contributed by atoms with Crippen LogP contribution in [0.1, 0.15) is 34.3 Å². The highest BCUT2D eigenvalue weighted by atomic mass is 16.5.